The number of aliphatic carboxylic acids is 1. The molecule has 1 aliphatic carbocycles. The molecule has 2 heterocycles. The van der Waals surface area contributed by atoms with E-state index in [0.717, 1.165) is 18.7 Å². The summed E-state index contributed by atoms with van der Waals surface area (Å²) in [5.41, 5.74) is 0. The minimum absolute atomic E-state index is 0.0747. The molecule has 1 aromatic rings. The number of thioether (sulfide) groups is 1. The van der Waals surface area contributed by atoms with E-state index in [0.29, 0.717) is 17.5 Å². The molecule has 8 heteroatoms. The summed E-state index contributed by atoms with van der Waals surface area (Å²) < 4.78 is 0. The molecule has 0 aromatic carbocycles. The molecule has 1 atom stereocenters. The van der Waals surface area contributed by atoms with Gasteiger partial charge in [-0.2, -0.15) is 0 Å². The molecular weight excluding hydrogens is 256 g/mol. The normalized spacial score (nSPS) is 23.3. The van der Waals surface area contributed by atoms with Crippen LogP contribution in [0.4, 0.5) is 0 Å². The Bertz CT molecular complexity index is 499. The summed E-state index contributed by atoms with van der Waals surface area (Å²) >= 11 is 1.43. The minimum Gasteiger partial charge on any atom is -0.480 e. The molecule has 0 bridgehead atoms. The minimum atomic E-state index is -0.980. The SMILES string of the molecule is O=C(O)[C@@H]1CSCN1C(=O)c1n[nH]c(C2CC2)n1. The molecule has 18 heavy (non-hydrogen) atoms. The number of hydrogen-bond donors (Lipinski definition) is 2. The number of carbonyl (C=O) groups excluding carboxylic acids is 1. The lowest BCUT2D eigenvalue weighted by Gasteiger charge is -2.18. The van der Waals surface area contributed by atoms with Gasteiger partial charge in [-0.15, -0.1) is 16.9 Å². The molecule has 1 aromatic heterocycles. The first-order valence-corrected chi connectivity index (χ1v) is 6.86. The molecule has 2 N–H and O–H groups in total. The fraction of sp³-hybridized carbons (Fsp3) is 0.600. The summed E-state index contributed by atoms with van der Waals surface area (Å²) in [5, 5.41) is 15.7. The first-order chi connectivity index (χ1) is 8.66. The van der Waals surface area contributed by atoms with E-state index in [-0.39, 0.29) is 5.82 Å². The van der Waals surface area contributed by atoms with Gasteiger partial charge in [0.15, 0.2) is 0 Å². The molecule has 96 valence electrons. The van der Waals surface area contributed by atoms with Crippen molar-refractivity contribution in [2.45, 2.75) is 24.8 Å². The van der Waals surface area contributed by atoms with Gasteiger partial charge in [0, 0.05) is 11.7 Å². The van der Waals surface area contributed by atoms with Gasteiger partial charge >= 0.3 is 5.97 Å². The molecular formula is C10H12N4O3S. The van der Waals surface area contributed by atoms with Crippen molar-refractivity contribution in [1.29, 1.82) is 0 Å². The van der Waals surface area contributed by atoms with Crippen LogP contribution in [-0.2, 0) is 4.79 Å². The highest BCUT2D eigenvalue weighted by Crippen LogP contribution is 2.37. The number of nitrogens with zero attached hydrogens (tertiary/aromatic N) is 3. The number of hydrogen-bond acceptors (Lipinski definition) is 5. The summed E-state index contributed by atoms with van der Waals surface area (Å²) in [6.45, 7) is 0. The molecule has 0 spiro atoms. The van der Waals surface area contributed by atoms with Gasteiger partial charge in [0.2, 0.25) is 5.82 Å². The number of rotatable bonds is 3. The van der Waals surface area contributed by atoms with E-state index in [1.165, 1.54) is 16.7 Å². The van der Waals surface area contributed by atoms with E-state index >= 15 is 0 Å². The Labute approximate surface area is 107 Å². The third-order valence-electron chi connectivity index (χ3n) is 3.09. The molecule has 1 saturated carbocycles. The van der Waals surface area contributed by atoms with Crippen LogP contribution in [0.5, 0.6) is 0 Å². The molecule has 0 radical (unpaired) electrons. The van der Waals surface area contributed by atoms with Crippen molar-refractivity contribution in [1.82, 2.24) is 20.1 Å². The van der Waals surface area contributed by atoms with Crippen LogP contribution < -0.4 is 0 Å². The van der Waals surface area contributed by atoms with Crippen molar-refractivity contribution in [3.63, 3.8) is 0 Å². The molecule has 2 aliphatic rings. The standard InChI is InChI=1S/C10H12N4O3S/c15-9(14-4-18-3-6(14)10(16)17)8-11-7(12-13-8)5-1-2-5/h5-6H,1-4H2,(H,16,17)(H,11,12,13)/t6-/m0/s1. The highest BCUT2D eigenvalue weighted by molar-refractivity contribution is 7.99. The van der Waals surface area contributed by atoms with Crippen LogP contribution >= 0.6 is 11.8 Å². The lowest BCUT2D eigenvalue weighted by molar-refractivity contribution is -0.140. The number of nitrogens with one attached hydrogen (secondary N) is 1. The number of aromatic amines is 1. The van der Waals surface area contributed by atoms with Crippen LogP contribution in [0.2, 0.25) is 0 Å². The highest BCUT2D eigenvalue weighted by Gasteiger charge is 2.37. The van der Waals surface area contributed by atoms with E-state index in [2.05, 4.69) is 15.2 Å². The molecule has 1 saturated heterocycles. The van der Waals surface area contributed by atoms with Gasteiger partial charge in [-0.1, -0.05) is 0 Å². The van der Waals surface area contributed by atoms with Crippen molar-refractivity contribution < 1.29 is 14.7 Å². The second-order valence-electron chi connectivity index (χ2n) is 4.45. The topological polar surface area (TPSA) is 99.2 Å². The van der Waals surface area contributed by atoms with Crippen molar-refractivity contribution in [3.8, 4) is 0 Å². The lowest BCUT2D eigenvalue weighted by Crippen LogP contribution is -2.42. The van der Waals surface area contributed by atoms with Crippen molar-refractivity contribution >= 4 is 23.6 Å². The van der Waals surface area contributed by atoms with Gasteiger partial charge in [-0.25, -0.2) is 9.78 Å². The number of carboxylic acid groups (broad SMARTS) is 1. The van der Waals surface area contributed by atoms with E-state index in [4.69, 9.17) is 5.11 Å². The number of amides is 1. The predicted octanol–water partition coefficient (Wildman–Crippen LogP) is 0.282. The second kappa shape index (κ2) is 4.27. The van der Waals surface area contributed by atoms with Crippen LogP contribution in [0.15, 0.2) is 0 Å². The maximum atomic E-state index is 12.1. The summed E-state index contributed by atoms with van der Waals surface area (Å²) in [5.74, 6) is 0.608. The largest absolute Gasteiger partial charge is 0.480 e. The highest BCUT2D eigenvalue weighted by atomic mass is 32.2. The summed E-state index contributed by atoms with van der Waals surface area (Å²) in [7, 11) is 0. The third-order valence-corrected chi connectivity index (χ3v) is 4.10. The number of H-pyrrole nitrogens is 1. The van der Waals surface area contributed by atoms with Gasteiger partial charge in [-0.3, -0.25) is 9.89 Å². The van der Waals surface area contributed by atoms with E-state index in [1.807, 2.05) is 0 Å². The second-order valence-corrected chi connectivity index (χ2v) is 5.45. The number of aromatic nitrogens is 3. The van der Waals surface area contributed by atoms with Gasteiger partial charge in [0.05, 0.1) is 5.88 Å². The molecule has 2 fully saturated rings. The Morgan fingerprint density at radius 2 is 2.22 bits per heavy atom. The zero-order valence-electron chi connectivity index (χ0n) is 9.50. The zero-order valence-corrected chi connectivity index (χ0v) is 10.3. The average Bonchev–Trinajstić information content (AvgIpc) is 2.92. The summed E-state index contributed by atoms with van der Waals surface area (Å²) in [6.07, 6.45) is 2.14. The molecule has 0 unspecified atom stereocenters. The lowest BCUT2D eigenvalue weighted by atomic mass is 10.3. The van der Waals surface area contributed by atoms with Crippen molar-refractivity contribution in [2.75, 3.05) is 11.6 Å². The Morgan fingerprint density at radius 1 is 1.44 bits per heavy atom. The Kier molecular flexibility index (Phi) is 2.73. The van der Waals surface area contributed by atoms with Crippen LogP contribution in [0.3, 0.4) is 0 Å². The smallest absolute Gasteiger partial charge is 0.327 e. The summed E-state index contributed by atoms with van der Waals surface area (Å²) in [4.78, 5) is 28.6. The molecule has 1 aliphatic heterocycles. The molecule has 1 amide bonds. The zero-order chi connectivity index (χ0) is 12.7. The Balaban J connectivity index is 1.78. The monoisotopic (exact) mass is 268 g/mol. The van der Waals surface area contributed by atoms with Crippen molar-refractivity contribution in [2.24, 2.45) is 0 Å². The van der Waals surface area contributed by atoms with Gasteiger partial charge in [-0.05, 0) is 12.8 Å². The fourth-order valence-electron chi connectivity index (χ4n) is 1.89. The van der Waals surface area contributed by atoms with Crippen LogP contribution in [0.1, 0.15) is 35.2 Å². The van der Waals surface area contributed by atoms with E-state index in [1.54, 1.807) is 0 Å². The number of carbonyl (C=O) groups is 2. The fourth-order valence-corrected chi connectivity index (χ4v) is 3.03. The van der Waals surface area contributed by atoms with Gasteiger partial charge in [0.25, 0.3) is 5.91 Å². The third kappa shape index (κ3) is 1.96. The van der Waals surface area contributed by atoms with Gasteiger partial charge in [0.1, 0.15) is 11.9 Å². The van der Waals surface area contributed by atoms with E-state index < -0.39 is 17.9 Å². The number of carboxylic acids is 1. The maximum Gasteiger partial charge on any atom is 0.327 e. The first kappa shape index (κ1) is 11.5. The Hall–Kier alpha value is -1.57. The average molecular weight is 268 g/mol. The molecule has 7 nitrogen and oxygen atoms in total. The summed E-state index contributed by atoms with van der Waals surface area (Å²) in [6, 6.07) is -0.773. The van der Waals surface area contributed by atoms with Crippen LogP contribution in [-0.4, -0.2) is 54.7 Å². The van der Waals surface area contributed by atoms with Crippen LogP contribution in [0, 0.1) is 0 Å². The Morgan fingerprint density at radius 3 is 2.89 bits per heavy atom. The maximum absolute atomic E-state index is 12.1. The molecule has 3 rings (SSSR count). The van der Waals surface area contributed by atoms with Crippen LogP contribution in [0.25, 0.3) is 0 Å². The quantitative estimate of drug-likeness (QED) is 0.817. The van der Waals surface area contributed by atoms with Gasteiger partial charge < -0.3 is 10.0 Å². The predicted molar refractivity (Wildman–Crippen MR) is 63.3 cm³/mol. The first-order valence-electron chi connectivity index (χ1n) is 5.70. The van der Waals surface area contributed by atoms with E-state index in [9.17, 15) is 9.59 Å². The van der Waals surface area contributed by atoms with Crippen molar-refractivity contribution in [3.05, 3.63) is 11.6 Å².